The van der Waals surface area contributed by atoms with Gasteiger partial charge in [0.1, 0.15) is 0 Å². The van der Waals surface area contributed by atoms with E-state index in [0.717, 1.165) is 12.0 Å². The van der Waals surface area contributed by atoms with Gasteiger partial charge in [-0.15, -0.1) is 0 Å². The second-order valence-corrected chi connectivity index (χ2v) is 3.36. The molecular formula is C12H17N. The zero-order valence-corrected chi connectivity index (χ0v) is 8.43. The first-order valence-corrected chi connectivity index (χ1v) is 4.70. The van der Waals surface area contributed by atoms with Gasteiger partial charge in [-0.05, 0) is 30.0 Å². The molecule has 0 aromatic heterocycles. The molecule has 1 aromatic carbocycles. The molecule has 0 saturated heterocycles. The van der Waals surface area contributed by atoms with Crippen LogP contribution in [0.2, 0.25) is 0 Å². The summed E-state index contributed by atoms with van der Waals surface area (Å²) < 4.78 is 0. The van der Waals surface area contributed by atoms with Crippen molar-refractivity contribution in [3.63, 3.8) is 0 Å². The van der Waals surface area contributed by atoms with E-state index in [1.165, 1.54) is 17.5 Å². The number of rotatable bonds is 3. The first-order chi connectivity index (χ1) is 6.16. The average molecular weight is 175 g/mol. The quantitative estimate of drug-likeness (QED) is 0.751. The predicted octanol–water partition coefficient (Wildman–Crippen LogP) is 2.88. The van der Waals surface area contributed by atoms with Crippen molar-refractivity contribution in [3.05, 3.63) is 41.5 Å². The average Bonchev–Trinajstić information content (AvgIpc) is 2.08. The van der Waals surface area contributed by atoms with Gasteiger partial charge in [0.05, 0.1) is 0 Å². The SMILES string of the molecule is C=C(N)c1cccc(CCC)c1C. The summed E-state index contributed by atoms with van der Waals surface area (Å²) in [5.74, 6) is 0. The van der Waals surface area contributed by atoms with Gasteiger partial charge in [0.15, 0.2) is 0 Å². The Hall–Kier alpha value is -1.24. The molecule has 0 atom stereocenters. The molecule has 1 nitrogen and oxygen atoms in total. The van der Waals surface area contributed by atoms with Crippen molar-refractivity contribution >= 4 is 5.70 Å². The smallest absolute Gasteiger partial charge is 0.0317 e. The fourth-order valence-electron chi connectivity index (χ4n) is 1.57. The van der Waals surface area contributed by atoms with Crippen LogP contribution in [0.25, 0.3) is 5.70 Å². The normalized spacial score (nSPS) is 10.0. The van der Waals surface area contributed by atoms with E-state index in [2.05, 4.69) is 26.5 Å². The summed E-state index contributed by atoms with van der Waals surface area (Å²) in [6.07, 6.45) is 2.29. The Morgan fingerprint density at radius 1 is 1.46 bits per heavy atom. The molecule has 70 valence electrons. The van der Waals surface area contributed by atoms with Crippen molar-refractivity contribution in [2.75, 3.05) is 0 Å². The molecular weight excluding hydrogens is 158 g/mol. The van der Waals surface area contributed by atoms with Crippen LogP contribution in [0.3, 0.4) is 0 Å². The highest BCUT2D eigenvalue weighted by atomic mass is 14.6. The lowest BCUT2D eigenvalue weighted by Gasteiger charge is -2.09. The molecule has 0 aliphatic carbocycles. The Kier molecular flexibility index (Phi) is 3.13. The van der Waals surface area contributed by atoms with Gasteiger partial charge in [-0.1, -0.05) is 38.1 Å². The van der Waals surface area contributed by atoms with E-state index in [1.807, 2.05) is 12.1 Å². The molecule has 1 heteroatoms. The molecule has 0 amide bonds. The highest BCUT2D eigenvalue weighted by Gasteiger charge is 2.03. The van der Waals surface area contributed by atoms with Crippen molar-refractivity contribution in [2.24, 2.45) is 5.73 Å². The third-order valence-electron chi connectivity index (χ3n) is 2.31. The molecule has 0 aliphatic heterocycles. The van der Waals surface area contributed by atoms with Gasteiger partial charge in [-0.3, -0.25) is 0 Å². The van der Waals surface area contributed by atoms with Gasteiger partial charge in [0.25, 0.3) is 0 Å². The zero-order valence-electron chi connectivity index (χ0n) is 8.43. The van der Waals surface area contributed by atoms with Crippen LogP contribution < -0.4 is 5.73 Å². The number of nitrogens with two attached hydrogens (primary N) is 1. The first kappa shape index (κ1) is 9.85. The molecule has 0 bridgehead atoms. The van der Waals surface area contributed by atoms with E-state index in [-0.39, 0.29) is 0 Å². The molecule has 0 unspecified atom stereocenters. The monoisotopic (exact) mass is 175 g/mol. The van der Waals surface area contributed by atoms with Crippen molar-refractivity contribution in [2.45, 2.75) is 26.7 Å². The summed E-state index contributed by atoms with van der Waals surface area (Å²) >= 11 is 0. The van der Waals surface area contributed by atoms with Crippen LogP contribution in [-0.4, -0.2) is 0 Å². The van der Waals surface area contributed by atoms with Crippen LogP contribution in [0.5, 0.6) is 0 Å². The summed E-state index contributed by atoms with van der Waals surface area (Å²) in [6, 6.07) is 6.23. The lowest BCUT2D eigenvalue weighted by molar-refractivity contribution is 0.911. The summed E-state index contributed by atoms with van der Waals surface area (Å²) in [6.45, 7) is 8.06. The summed E-state index contributed by atoms with van der Waals surface area (Å²) in [7, 11) is 0. The highest BCUT2D eigenvalue weighted by Crippen LogP contribution is 2.18. The third-order valence-corrected chi connectivity index (χ3v) is 2.31. The van der Waals surface area contributed by atoms with Gasteiger partial charge < -0.3 is 5.73 Å². The standard InChI is InChI=1S/C12H17N/c1-4-6-11-7-5-8-12(9(11)2)10(3)13/h5,7-8H,3-4,6,13H2,1-2H3. The molecule has 1 aromatic rings. The predicted molar refractivity (Wildman–Crippen MR) is 58.4 cm³/mol. The minimum absolute atomic E-state index is 0.662. The maximum absolute atomic E-state index is 5.69. The van der Waals surface area contributed by atoms with Crippen LogP contribution in [0.1, 0.15) is 30.0 Å². The van der Waals surface area contributed by atoms with Gasteiger partial charge in [0, 0.05) is 5.70 Å². The third kappa shape index (κ3) is 2.11. The van der Waals surface area contributed by atoms with E-state index >= 15 is 0 Å². The van der Waals surface area contributed by atoms with Gasteiger partial charge in [-0.2, -0.15) is 0 Å². The first-order valence-electron chi connectivity index (χ1n) is 4.70. The van der Waals surface area contributed by atoms with Crippen LogP contribution in [0, 0.1) is 6.92 Å². The van der Waals surface area contributed by atoms with Crippen LogP contribution in [0.4, 0.5) is 0 Å². The maximum Gasteiger partial charge on any atom is 0.0317 e. The Balaban J connectivity index is 3.10. The molecule has 0 fully saturated rings. The summed E-state index contributed by atoms with van der Waals surface area (Å²) in [4.78, 5) is 0. The van der Waals surface area contributed by atoms with E-state index in [0.29, 0.717) is 5.70 Å². The molecule has 13 heavy (non-hydrogen) atoms. The van der Waals surface area contributed by atoms with Crippen molar-refractivity contribution in [1.29, 1.82) is 0 Å². The minimum atomic E-state index is 0.662. The Morgan fingerprint density at radius 2 is 2.15 bits per heavy atom. The number of hydrogen-bond acceptors (Lipinski definition) is 1. The fraction of sp³-hybridized carbons (Fsp3) is 0.333. The molecule has 1 rings (SSSR count). The molecule has 0 aliphatic rings. The largest absolute Gasteiger partial charge is 0.399 e. The van der Waals surface area contributed by atoms with Gasteiger partial charge in [-0.25, -0.2) is 0 Å². The zero-order chi connectivity index (χ0) is 9.84. The second-order valence-electron chi connectivity index (χ2n) is 3.36. The summed E-state index contributed by atoms with van der Waals surface area (Å²) in [5, 5.41) is 0. The fourth-order valence-corrected chi connectivity index (χ4v) is 1.57. The molecule has 2 N–H and O–H groups in total. The summed E-state index contributed by atoms with van der Waals surface area (Å²) in [5.41, 5.74) is 10.1. The van der Waals surface area contributed by atoms with Crippen molar-refractivity contribution in [3.8, 4) is 0 Å². The number of hydrogen-bond donors (Lipinski definition) is 1. The molecule has 0 heterocycles. The maximum atomic E-state index is 5.69. The minimum Gasteiger partial charge on any atom is -0.399 e. The Labute approximate surface area is 80.3 Å². The van der Waals surface area contributed by atoms with Crippen LogP contribution >= 0.6 is 0 Å². The number of aryl methyl sites for hydroxylation is 1. The van der Waals surface area contributed by atoms with Gasteiger partial charge >= 0.3 is 0 Å². The van der Waals surface area contributed by atoms with E-state index in [4.69, 9.17) is 5.73 Å². The molecule has 0 spiro atoms. The van der Waals surface area contributed by atoms with Crippen LogP contribution in [-0.2, 0) is 6.42 Å². The highest BCUT2D eigenvalue weighted by molar-refractivity contribution is 5.64. The van der Waals surface area contributed by atoms with Gasteiger partial charge in [0.2, 0.25) is 0 Å². The topological polar surface area (TPSA) is 26.0 Å². The second kappa shape index (κ2) is 4.13. The van der Waals surface area contributed by atoms with Crippen molar-refractivity contribution in [1.82, 2.24) is 0 Å². The van der Waals surface area contributed by atoms with E-state index in [9.17, 15) is 0 Å². The van der Waals surface area contributed by atoms with E-state index < -0.39 is 0 Å². The number of benzene rings is 1. The molecule has 0 radical (unpaired) electrons. The lowest BCUT2D eigenvalue weighted by Crippen LogP contribution is -1.99. The lowest BCUT2D eigenvalue weighted by atomic mass is 9.98. The van der Waals surface area contributed by atoms with E-state index in [1.54, 1.807) is 0 Å². The van der Waals surface area contributed by atoms with Crippen molar-refractivity contribution < 1.29 is 0 Å². The molecule has 0 saturated carbocycles. The van der Waals surface area contributed by atoms with Crippen LogP contribution in [0.15, 0.2) is 24.8 Å². The Bertz CT molecular complexity index is 313. The Morgan fingerprint density at radius 3 is 2.69 bits per heavy atom.